The second-order valence-electron chi connectivity index (χ2n) is 8.01. The van der Waals surface area contributed by atoms with Crippen LogP contribution in [0, 0.1) is 5.82 Å². The highest BCUT2D eigenvalue weighted by molar-refractivity contribution is 5.78. The maximum Gasteiger partial charge on any atom is 0.283 e. The third kappa shape index (κ3) is 2.89. The van der Waals surface area contributed by atoms with Gasteiger partial charge in [-0.25, -0.2) is 9.38 Å². The lowest BCUT2D eigenvalue weighted by Gasteiger charge is -2.34. The van der Waals surface area contributed by atoms with E-state index in [9.17, 15) is 4.39 Å². The van der Waals surface area contributed by atoms with Gasteiger partial charge in [0.15, 0.2) is 11.3 Å². The van der Waals surface area contributed by atoms with Crippen LogP contribution in [0.15, 0.2) is 65.8 Å². The first-order valence-electron chi connectivity index (χ1n) is 10.5. The number of amidine groups is 1. The Hall–Kier alpha value is -3.71. The normalized spacial score (nSPS) is 21.2. The smallest absolute Gasteiger partial charge is 0.283 e. The zero-order valence-electron chi connectivity index (χ0n) is 17.2. The number of hydrogen-bond donors (Lipinski definition) is 1. The van der Waals surface area contributed by atoms with Crippen molar-refractivity contribution in [3.05, 3.63) is 83.3 Å². The number of aromatic nitrogens is 1. The summed E-state index contributed by atoms with van der Waals surface area (Å²) in [4.78, 5) is 9.18. The van der Waals surface area contributed by atoms with Crippen LogP contribution in [-0.4, -0.2) is 30.8 Å². The molecule has 6 nitrogen and oxygen atoms in total. The van der Waals surface area contributed by atoms with E-state index in [1.165, 1.54) is 11.6 Å². The van der Waals surface area contributed by atoms with E-state index in [2.05, 4.69) is 17.1 Å². The van der Waals surface area contributed by atoms with E-state index in [0.717, 1.165) is 23.1 Å². The first kappa shape index (κ1) is 19.0. The maximum atomic E-state index is 14.5. The van der Waals surface area contributed by atoms with Crippen molar-refractivity contribution in [2.24, 2.45) is 10.7 Å². The minimum Gasteiger partial charge on any atom is -0.462 e. The molecule has 0 radical (unpaired) electrons. The summed E-state index contributed by atoms with van der Waals surface area (Å²) in [5.74, 6) is 0.889. The Labute approximate surface area is 184 Å². The standard InChI is InChI=1S/C25H20FN3O3/c26-20-4-2-1-3-17(20)21-12-19-23(13-28-21)32-22-6-5-16(15-7-9-30-10-8-15)11-18(22)25(19)14-31-24(27)29-25/h1-7,11-13H,8-10,14H2,(H2,27,29)/t25-/m1/s1. The topological polar surface area (TPSA) is 79.0 Å². The number of nitrogens with zero attached hydrogens (tertiary/aromatic N) is 2. The van der Waals surface area contributed by atoms with Crippen LogP contribution in [-0.2, 0) is 15.0 Å². The molecule has 1 spiro atoms. The lowest BCUT2D eigenvalue weighted by molar-refractivity contribution is 0.161. The van der Waals surface area contributed by atoms with E-state index in [1.54, 1.807) is 24.4 Å². The summed E-state index contributed by atoms with van der Waals surface area (Å²) >= 11 is 0. The van der Waals surface area contributed by atoms with Crippen molar-refractivity contribution in [3.63, 3.8) is 0 Å². The largest absolute Gasteiger partial charge is 0.462 e. The Morgan fingerprint density at radius 3 is 2.69 bits per heavy atom. The highest BCUT2D eigenvalue weighted by Gasteiger charge is 2.47. The second-order valence-corrected chi connectivity index (χ2v) is 8.01. The molecular weight excluding hydrogens is 409 g/mol. The number of fused-ring (bicyclic) bond motifs is 4. The van der Waals surface area contributed by atoms with Crippen molar-refractivity contribution < 1.29 is 18.6 Å². The molecule has 3 aliphatic rings. The van der Waals surface area contributed by atoms with E-state index in [4.69, 9.17) is 24.9 Å². The van der Waals surface area contributed by atoms with Crippen LogP contribution in [0.5, 0.6) is 11.5 Å². The number of benzene rings is 2. The van der Waals surface area contributed by atoms with Gasteiger partial charge in [-0.3, -0.25) is 4.98 Å². The van der Waals surface area contributed by atoms with E-state index in [0.29, 0.717) is 36.0 Å². The predicted molar refractivity (Wildman–Crippen MR) is 118 cm³/mol. The van der Waals surface area contributed by atoms with Gasteiger partial charge in [-0.15, -0.1) is 0 Å². The molecule has 6 rings (SSSR count). The van der Waals surface area contributed by atoms with Gasteiger partial charge in [0.1, 0.15) is 18.2 Å². The summed E-state index contributed by atoms with van der Waals surface area (Å²) in [6.07, 6.45) is 4.55. The lowest BCUT2D eigenvalue weighted by atomic mass is 9.80. The van der Waals surface area contributed by atoms with Crippen molar-refractivity contribution in [2.75, 3.05) is 19.8 Å². The van der Waals surface area contributed by atoms with Gasteiger partial charge in [-0.05, 0) is 47.9 Å². The van der Waals surface area contributed by atoms with Crippen LogP contribution in [0.2, 0.25) is 0 Å². The molecule has 0 amide bonds. The van der Waals surface area contributed by atoms with Crippen molar-refractivity contribution >= 4 is 11.6 Å². The molecule has 3 aromatic rings. The van der Waals surface area contributed by atoms with Crippen LogP contribution in [0.1, 0.15) is 23.1 Å². The minimum atomic E-state index is -0.891. The molecule has 0 aliphatic carbocycles. The third-order valence-electron chi connectivity index (χ3n) is 6.17. The summed E-state index contributed by atoms with van der Waals surface area (Å²) in [6, 6.07) is 14.6. The molecule has 0 fully saturated rings. The molecule has 3 aliphatic heterocycles. The Morgan fingerprint density at radius 2 is 1.91 bits per heavy atom. The Bertz CT molecular complexity index is 1300. The second kappa shape index (κ2) is 7.17. The molecule has 2 aromatic carbocycles. The first-order valence-corrected chi connectivity index (χ1v) is 10.5. The molecule has 0 saturated heterocycles. The number of ether oxygens (including phenoxy) is 3. The van der Waals surface area contributed by atoms with Crippen LogP contribution < -0.4 is 10.5 Å². The predicted octanol–water partition coefficient (Wildman–Crippen LogP) is 4.39. The van der Waals surface area contributed by atoms with Gasteiger partial charge in [0.2, 0.25) is 0 Å². The van der Waals surface area contributed by atoms with Crippen LogP contribution in [0.4, 0.5) is 4.39 Å². The van der Waals surface area contributed by atoms with Crippen molar-refractivity contribution in [1.29, 1.82) is 0 Å². The zero-order chi connectivity index (χ0) is 21.7. The minimum absolute atomic E-state index is 0.115. The average molecular weight is 429 g/mol. The fourth-order valence-electron chi connectivity index (χ4n) is 4.57. The monoisotopic (exact) mass is 429 g/mol. The number of aliphatic imine (C=N–C) groups is 1. The number of halogens is 1. The SMILES string of the molecule is NC1=N[C@]2(CO1)c1cc(C3=CCOCC3)ccc1Oc1cnc(-c3ccccc3F)cc12. The number of hydrogen-bond acceptors (Lipinski definition) is 6. The molecular formula is C25H20FN3O3. The van der Waals surface area contributed by atoms with Gasteiger partial charge in [0, 0.05) is 16.7 Å². The van der Waals surface area contributed by atoms with E-state index >= 15 is 0 Å². The Balaban J connectivity index is 1.54. The Kier molecular flexibility index (Phi) is 4.26. The fourth-order valence-corrected chi connectivity index (χ4v) is 4.57. The molecule has 4 heterocycles. The first-order chi connectivity index (χ1) is 15.6. The summed E-state index contributed by atoms with van der Waals surface area (Å²) in [5, 5.41) is 0. The van der Waals surface area contributed by atoms with Gasteiger partial charge < -0.3 is 19.9 Å². The fraction of sp³-hybridized carbons (Fsp3) is 0.200. The molecule has 0 saturated carbocycles. The number of nitrogens with two attached hydrogens (primary N) is 1. The highest BCUT2D eigenvalue weighted by atomic mass is 19.1. The molecule has 2 N–H and O–H groups in total. The van der Waals surface area contributed by atoms with Gasteiger partial charge >= 0.3 is 0 Å². The average Bonchev–Trinajstić information content (AvgIpc) is 3.22. The molecule has 7 heteroatoms. The van der Waals surface area contributed by atoms with E-state index in [-0.39, 0.29) is 18.4 Å². The number of pyridine rings is 1. The quantitative estimate of drug-likeness (QED) is 0.654. The van der Waals surface area contributed by atoms with Crippen molar-refractivity contribution in [3.8, 4) is 22.8 Å². The van der Waals surface area contributed by atoms with Crippen LogP contribution in [0.3, 0.4) is 0 Å². The van der Waals surface area contributed by atoms with Crippen molar-refractivity contribution in [2.45, 2.75) is 12.0 Å². The summed E-state index contributed by atoms with van der Waals surface area (Å²) in [6.45, 7) is 1.52. The van der Waals surface area contributed by atoms with E-state index < -0.39 is 5.54 Å². The van der Waals surface area contributed by atoms with Crippen LogP contribution >= 0.6 is 0 Å². The van der Waals surface area contributed by atoms with Gasteiger partial charge in [-0.2, -0.15) is 0 Å². The van der Waals surface area contributed by atoms with Crippen LogP contribution in [0.25, 0.3) is 16.8 Å². The third-order valence-corrected chi connectivity index (χ3v) is 6.17. The summed E-state index contributed by atoms with van der Waals surface area (Å²) in [5.41, 5.74) is 9.92. The van der Waals surface area contributed by atoms with Crippen molar-refractivity contribution in [1.82, 2.24) is 4.98 Å². The Morgan fingerprint density at radius 1 is 1.03 bits per heavy atom. The molecule has 160 valence electrons. The van der Waals surface area contributed by atoms with E-state index in [1.807, 2.05) is 18.2 Å². The van der Waals surface area contributed by atoms with Gasteiger partial charge in [0.25, 0.3) is 6.02 Å². The highest BCUT2D eigenvalue weighted by Crippen LogP contribution is 2.52. The summed E-state index contributed by atoms with van der Waals surface area (Å²) < 4.78 is 31.8. The van der Waals surface area contributed by atoms with Gasteiger partial charge in [-0.1, -0.05) is 24.3 Å². The molecule has 32 heavy (non-hydrogen) atoms. The summed E-state index contributed by atoms with van der Waals surface area (Å²) in [7, 11) is 0. The lowest BCUT2D eigenvalue weighted by Crippen LogP contribution is -2.31. The number of rotatable bonds is 2. The molecule has 1 atom stereocenters. The molecule has 0 unspecified atom stereocenters. The van der Waals surface area contributed by atoms with Gasteiger partial charge in [0.05, 0.1) is 25.1 Å². The maximum absolute atomic E-state index is 14.5. The molecule has 1 aromatic heterocycles. The zero-order valence-corrected chi connectivity index (χ0v) is 17.2. The molecule has 0 bridgehead atoms.